The highest BCUT2D eigenvalue weighted by Gasteiger charge is 2.28. The van der Waals surface area contributed by atoms with E-state index in [9.17, 15) is 18.3 Å². The van der Waals surface area contributed by atoms with E-state index >= 15 is 0 Å². The van der Waals surface area contributed by atoms with E-state index in [4.69, 9.17) is 4.74 Å². The Morgan fingerprint density at radius 3 is 2.61 bits per heavy atom. The lowest BCUT2D eigenvalue weighted by molar-refractivity contribution is -0.138. The third kappa shape index (κ3) is 5.56. The standard InChI is InChI=1S/C25H26N2O5S/c1-2-3-14-32-20-10-12-21(13-11-20)33(30,31)26-23(25(28)29)15-19-17-27(16-18-8-9-18)24-7-5-4-6-22(19)24/h4-7,10-13,17-18,23,26H,8-9,14-16H2,1H3,(H,28,29)/t23-/m1/s1. The van der Waals surface area contributed by atoms with Crippen molar-refractivity contribution in [3.8, 4) is 17.6 Å². The third-order valence-corrected chi connectivity index (χ3v) is 7.15. The van der Waals surface area contributed by atoms with Crippen LogP contribution in [0.4, 0.5) is 0 Å². The summed E-state index contributed by atoms with van der Waals surface area (Å²) < 4.78 is 35.7. The lowest BCUT2D eigenvalue weighted by Crippen LogP contribution is -2.42. The maximum absolute atomic E-state index is 12.9. The number of para-hydroxylation sites is 1. The molecular formula is C25H26N2O5S. The van der Waals surface area contributed by atoms with Crippen LogP contribution in [0.15, 0.2) is 59.6 Å². The van der Waals surface area contributed by atoms with Crippen molar-refractivity contribution in [2.24, 2.45) is 5.92 Å². The molecule has 2 N–H and O–H groups in total. The number of hydrogen-bond donors (Lipinski definition) is 2. The molecule has 0 spiro atoms. The van der Waals surface area contributed by atoms with Crippen LogP contribution in [0.3, 0.4) is 0 Å². The number of nitrogens with one attached hydrogen (secondary N) is 1. The molecule has 1 aliphatic rings. The van der Waals surface area contributed by atoms with Crippen molar-refractivity contribution in [3.05, 3.63) is 60.3 Å². The van der Waals surface area contributed by atoms with Crippen LogP contribution in [-0.4, -0.2) is 36.7 Å². The molecule has 4 rings (SSSR count). The second-order valence-corrected chi connectivity index (χ2v) is 9.88. The Morgan fingerprint density at radius 2 is 1.94 bits per heavy atom. The van der Waals surface area contributed by atoms with Crippen LogP contribution in [0.5, 0.6) is 5.75 Å². The molecule has 8 heteroatoms. The number of ether oxygens (including phenoxy) is 1. The summed E-state index contributed by atoms with van der Waals surface area (Å²) in [6.07, 6.45) is 4.41. The number of carboxylic acids is 1. The number of carbonyl (C=O) groups is 1. The monoisotopic (exact) mass is 466 g/mol. The average Bonchev–Trinajstić information content (AvgIpc) is 3.55. The van der Waals surface area contributed by atoms with Gasteiger partial charge in [0.25, 0.3) is 0 Å². The summed E-state index contributed by atoms with van der Waals surface area (Å²) in [6, 6.07) is 12.3. The summed E-state index contributed by atoms with van der Waals surface area (Å²) in [5.74, 6) is 5.39. The molecule has 1 fully saturated rings. The van der Waals surface area contributed by atoms with Crippen molar-refractivity contribution in [1.29, 1.82) is 0 Å². The molecule has 3 aromatic rings. The highest BCUT2D eigenvalue weighted by molar-refractivity contribution is 7.89. The molecule has 0 aliphatic heterocycles. The summed E-state index contributed by atoms with van der Waals surface area (Å²) in [5, 5.41) is 10.7. The highest BCUT2D eigenvalue weighted by atomic mass is 32.2. The molecule has 0 amide bonds. The molecule has 7 nitrogen and oxygen atoms in total. The highest BCUT2D eigenvalue weighted by Crippen LogP contribution is 2.33. The molecule has 33 heavy (non-hydrogen) atoms. The first-order valence-electron chi connectivity index (χ1n) is 10.8. The van der Waals surface area contributed by atoms with Gasteiger partial charge in [-0.15, -0.1) is 5.92 Å². The summed E-state index contributed by atoms with van der Waals surface area (Å²) in [7, 11) is -4.04. The van der Waals surface area contributed by atoms with Crippen LogP contribution in [0.25, 0.3) is 10.9 Å². The predicted molar refractivity (Wildman–Crippen MR) is 125 cm³/mol. The average molecular weight is 467 g/mol. The van der Waals surface area contributed by atoms with E-state index in [2.05, 4.69) is 21.1 Å². The number of carboxylic acid groups (broad SMARTS) is 1. The Labute approximate surface area is 193 Å². The zero-order chi connectivity index (χ0) is 23.4. The second-order valence-electron chi connectivity index (χ2n) is 8.17. The minimum Gasteiger partial charge on any atom is -0.481 e. The van der Waals surface area contributed by atoms with Crippen molar-refractivity contribution < 1.29 is 23.1 Å². The first kappa shape index (κ1) is 22.9. The fourth-order valence-corrected chi connectivity index (χ4v) is 4.97. The van der Waals surface area contributed by atoms with Crippen LogP contribution < -0.4 is 9.46 Å². The largest absolute Gasteiger partial charge is 0.481 e. The van der Waals surface area contributed by atoms with E-state index in [1.165, 1.54) is 37.1 Å². The maximum atomic E-state index is 12.9. The number of benzene rings is 2. The Bertz CT molecular complexity index is 1310. The van der Waals surface area contributed by atoms with Crippen molar-refractivity contribution in [3.63, 3.8) is 0 Å². The number of aromatic nitrogens is 1. The normalized spacial score (nSPS) is 14.5. The fourth-order valence-electron chi connectivity index (χ4n) is 3.78. The zero-order valence-electron chi connectivity index (χ0n) is 18.3. The zero-order valence-corrected chi connectivity index (χ0v) is 19.1. The van der Waals surface area contributed by atoms with Crippen LogP contribution in [-0.2, 0) is 27.8 Å². The van der Waals surface area contributed by atoms with Crippen LogP contribution in [0.2, 0.25) is 0 Å². The number of aliphatic carboxylic acids is 1. The number of fused-ring (bicyclic) bond motifs is 1. The van der Waals surface area contributed by atoms with Crippen molar-refractivity contribution in [2.45, 2.75) is 43.7 Å². The molecule has 0 bridgehead atoms. The fraction of sp³-hybridized carbons (Fsp3) is 0.320. The smallest absolute Gasteiger partial charge is 0.322 e. The van der Waals surface area contributed by atoms with Gasteiger partial charge in [0, 0.05) is 30.1 Å². The topological polar surface area (TPSA) is 97.6 Å². The van der Waals surface area contributed by atoms with Gasteiger partial charge < -0.3 is 14.4 Å². The minimum absolute atomic E-state index is 0.0289. The van der Waals surface area contributed by atoms with Crippen molar-refractivity contribution in [2.75, 3.05) is 6.61 Å². The molecule has 2 aromatic carbocycles. The molecule has 0 unspecified atom stereocenters. The molecule has 1 heterocycles. The predicted octanol–water partition coefficient (Wildman–Crippen LogP) is 3.43. The number of rotatable bonds is 10. The SMILES string of the molecule is CC#CCOc1ccc(S(=O)(=O)N[C@H](Cc2cn(CC3CC3)c3ccccc23)C(=O)O)cc1. The molecule has 1 saturated carbocycles. The van der Waals surface area contributed by atoms with Crippen molar-refractivity contribution >= 4 is 26.9 Å². The van der Waals surface area contributed by atoms with Crippen LogP contribution in [0, 0.1) is 17.8 Å². The molecule has 1 aromatic heterocycles. The molecule has 172 valence electrons. The maximum Gasteiger partial charge on any atom is 0.322 e. The Balaban J connectivity index is 1.53. The van der Waals surface area contributed by atoms with Crippen LogP contribution >= 0.6 is 0 Å². The van der Waals surface area contributed by atoms with E-state index in [1.807, 2.05) is 30.5 Å². The van der Waals surface area contributed by atoms with Gasteiger partial charge in [-0.1, -0.05) is 24.1 Å². The quantitative estimate of drug-likeness (QED) is 0.446. The van der Waals surface area contributed by atoms with Gasteiger partial charge in [0.2, 0.25) is 10.0 Å². The van der Waals surface area contributed by atoms with Crippen molar-refractivity contribution in [1.82, 2.24) is 9.29 Å². The van der Waals surface area contributed by atoms with E-state index in [-0.39, 0.29) is 17.9 Å². The van der Waals surface area contributed by atoms with Gasteiger partial charge in [0.15, 0.2) is 0 Å². The molecule has 1 aliphatic carbocycles. The van der Waals surface area contributed by atoms with Gasteiger partial charge in [-0.25, -0.2) is 8.42 Å². The first-order valence-corrected chi connectivity index (χ1v) is 12.3. The van der Waals surface area contributed by atoms with E-state index in [0.29, 0.717) is 11.7 Å². The van der Waals surface area contributed by atoms with E-state index < -0.39 is 22.0 Å². The number of hydrogen-bond acceptors (Lipinski definition) is 4. The lowest BCUT2D eigenvalue weighted by Gasteiger charge is -2.15. The number of nitrogens with zero attached hydrogens (tertiary/aromatic N) is 1. The summed E-state index contributed by atoms with van der Waals surface area (Å²) in [4.78, 5) is 11.9. The number of sulfonamides is 1. The van der Waals surface area contributed by atoms with E-state index in [0.717, 1.165) is 23.0 Å². The Hall–Kier alpha value is -3.28. The first-order chi connectivity index (χ1) is 15.9. The second kappa shape index (κ2) is 9.69. The van der Waals surface area contributed by atoms with Gasteiger partial charge in [-0.2, -0.15) is 4.72 Å². The third-order valence-electron chi connectivity index (χ3n) is 5.66. The Morgan fingerprint density at radius 1 is 1.21 bits per heavy atom. The van der Waals surface area contributed by atoms with Gasteiger partial charge in [0.05, 0.1) is 4.90 Å². The lowest BCUT2D eigenvalue weighted by atomic mass is 10.1. The van der Waals surface area contributed by atoms with Gasteiger partial charge in [-0.05, 0) is 61.6 Å². The van der Waals surface area contributed by atoms with Gasteiger partial charge in [0.1, 0.15) is 18.4 Å². The molecule has 0 saturated heterocycles. The summed E-state index contributed by atoms with van der Waals surface area (Å²) in [5.41, 5.74) is 1.84. The van der Waals surface area contributed by atoms with Gasteiger partial charge >= 0.3 is 5.97 Å². The summed E-state index contributed by atoms with van der Waals surface area (Å²) in [6.45, 7) is 2.80. The van der Waals surface area contributed by atoms with Crippen LogP contribution in [0.1, 0.15) is 25.3 Å². The van der Waals surface area contributed by atoms with Gasteiger partial charge in [-0.3, -0.25) is 4.79 Å². The summed E-state index contributed by atoms with van der Waals surface area (Å²) >= 11 is 0. The molecule has 0 radical (unpaired) electrons. The minimum atomic E-state index is -4.04. The molecular weight excluding hydrogens is 440 g/mol. The Kier molecular flexibility index (Phi) is 6.72. The van der Waals surface area contributed by atoms with E-state index in [1.54, 1.807) is 6.92 Å². The molecule has 1 atom stereocenters.